The van der Waals surface area contributed by atoms with Crippen molar-refractivity contribution in [3.63, 3.8) is 0 Å². The van der Waals surface area contributed by atoms with Crippen LogP contribution >= 0.6 is 11.8 Å². The molecule has 0 unspecified atom stereocenters. The van der Waals surface area contributed by atoms with Gasteiger partial charge in [0.25, 0.3) is 5.91 Å². The van der Waals surface area contributed by atoms with Gasteiger partial charge in [-0.05, 0) is 36.1 Å². The molecule has 0 bridgehead atoms. The predicted octanol–water partition coefficient (Wildman–Crippen LogP) is 2.98. The number of urea groups is 1. The van der Waals surface area contributed by atoms with Crippen LogP contribution in [-0.2, 0) is 0 Å². The molecule has 1 saturated heterocycles. The van der Waals surface area contributed by atoms with Gasteiger partial charge in [-0.2, -0.15) is 0 Å². The van der Waals surface area contributed by atoms with Crippen LogP contribution in [0.2, 0.25) is 0 Å². The molecular formula is C17H18N4O2S. The highest BCUT2D eigenvalue weighted by molar-refractivity contribution is 7.99. The summed E-state index contributed by atoms with van der Waals surface area (Å²) in [5.74, 6) is 0.705. The summed E-state index contributed by atoms with van der Waals surface area (Å²) in [6, 6.07) is 10.6. The molecule has 0 aliphatic carbocycles. The largest absolute Gasteiger partial charge is 0.336 e. The Hall–Kier alpha value is -2.54. The minimum Gasteiger partial charge on any atom is -0.336 e. The van der Waals surface area contributed by atoms with Crippen LogP contribution in [0.3, 0.4) is 0 Å². The molecule has 3 amide bonds. The van der Waals surface area contributed by atoms with E-state index in [0.29, 0.717) is 24.3 Å². The van der Waals surface area contributed by atoms with Gasteiger partial charge in [-0.25, -0.2) is 9.78 Å². The van der Waals surface area contributed by atoms with Gasteiger partial charge >= 0.3 is 6.03 Å². The molecule has 3 rings (SSSR count). The Bertz CT molecular complexity index is 766. The first kappa shape index (κ1) is 16.3. The van der Waals surface area contributed by atoms with E-state index in [1.165, 1.54) is 0 Å². The molecule has 2 N–H and O–H groups in total. The lowest BCUT2D eigenvalue weighted by Crippen LogP contribution is -2.27. The summed E-state index contributed by atoms with van der Waals surface area (Å²) in [5.41, 5.74) is 1.98. The average molecular weight is 342 g/mol. The molecule has 2 aromatic rings. The molecule has 1 aliphatic rings. The van der Waals surface area contributed by atoms with Crippen molar-refractivity contribution in [3.05, 3.63) is 48.2 Å². The summed E-state index contributed by atoms with van der Waals surface area (Å²) < 4.78 is 0. The molecule has 2 heterocycles. The van der Waals surface area contributed by atoms with Crippen molar-refractivity contribution in [1.29, 1.82) is 0 Å². The van der Waals surface area contributed by atoms with Crippen LogP contribution in [0.5, 0.6) is 0 Å². The topological polar surface area (TPSA) is 74.3 Å². The van der Waals surface area contributed by atoms with Crippen molar-refractivity contribution in [2.45, 2.75) is 11.9 Å². The second-order valence-electron chi connectivity index (χ2n) is 5.20. The summed E-state index contributed by atoms with van der Waals surface area (Å²) in [5, 5.41) is 6.46. The predicted molar refractivity (Wildman–Crippen MR) is 95.8 cm³/mol. The fourth-order valence-electron chi connectivity index (χ4n) is 2.45. The van der Waals surface area contributed by atoms with Crippen LogP contribution in [0, 0.1) is 0 Å². The van der Waals surface area contributed by atoms with E-state index in [0.717, 1.165) is 16.5 Å². The Morgan fingerprint density at radius 2 is 2.25 bits per heavy atom. The molecule has 7 heteroatoms. The van der Waals surface area contributed by atoms with Crippen LogP contribution in [0.25, 0.3) is 0 Å². The molecule has 1 aromatic carbocycles. The Morgan fingerprint density at radius 1 is 1.38 bits per heavy atom. The molecule has 6 nitrogen and oxygen atoms in total. The van der Waals surface area contributed by atoms with Crippen LogP contribution in [-0.4, -0.2) is 35.8 Å². The highest BCUT2D eigenvalue weighted by Gasteiger charge is 2.21. The molecule has 1 fully saturated rings. The van der Waals surface area contributed by atoms with Gasteiger partial charge in [0, 0.05) is 36.2 Å². The fourth-order valence-corrected chi connectivity index (χ4v) is 3.09. The molecule has 0 radical (unpaired) electrons. The number of benzene rings is 1. The summed E-state index contributed by atoms with van der Waals surface area (Å²) >= 11 is 1.59. The third-order valence-electron chi connectivity index (χ3n) is 3.56. The van der Waals surface area contributed by atoms with E-state index in [-0.39, 0.29) is 11.9 Å². The van der Waals surface area contributed by atoms with E-state index in [9.17, 15) is 9.59 Å². The minimum absolute atomic E-state index is 0.117. The van der Waals surface area contributed by atoms with E-state index in [2.05, 4.69) is 15.6 Å². The second kappa shape index (κ2) is 7.35. The number of rotatable bonds is 5. The smallest absolute Gasteiger partial charge is 0.321 e. The number of carbonyl (C=O) groups is 2. The molecule has 1 aliphatic heterocycles. The number of hydrogen-bond donors (Lipinski definition) is 2. The number of carbonyl (C=O) groups excluding carboxylic acids is 2. The summed E-state index contributed by atoms with van der Waals surface area (Å²) in [7, 11) is 0. The molecule has 0 saturated carbocycles. The van der Waals surface area contributed by atoms with Crippen molar-refractivity contribution in [2.24, 2.45) is 0 Å². The Morgan fingerprint density at radius 3 is 3.00 bits per heavy atom. The lowest BCUT2D eigenvalue weighted by atomic mass is 10.2. The van der Waals surface area contributed by atoms with Crippen molar-refractivity contribution in [3.8, 4) is 0 Å². The van der Waals surface area contributed by atoms with Crippen molar-refractivity contribution in [2.75, 3.05) is 29.1 Å². The molecule has 124 valence electrons. The van der Waals surface area contributed by atoms with Crippen LogP contribution in [0.15, 0.2) is 47.6 Å². The molecule has 24 heavy (non-hydrogen) atoms. The maximum Gasteiger partial charge on any atom is 0.321 e. The average Bonchev–Trinajstić information content (AvgIpc) is 3.02. The monoisotopic (exact) mass is 342 g/mol. The van der Waals surface area contributed by atoms with E-state index < -0.39 is 0 Å². The highest BCUT2D eigenvalue weighted by Crippen LogP contribution is 2.22. The molecule has 0 spiro atoms. The quantitative estimate of drug-likeness (QED) is 0.819. The van der Waals surface area contributed by atoms with Gasteiger partial charge in [0.15, 0.2) is 0 Å². The van der Waals surface area contributed by atoms with E-state index >= 15 is 0 Å². The number of nitrogens with one attached hydrogen (secondary N) is 2. The van der Waals surface area contributed by atoms with E-state index in [1.54, 1.807) is 47.1 Å². The number of thioether (sulfide) groups is 1. The number of aromatic nitrogens is 1. The maximum absolute atomic E-state index is 12.4. The van der Waals surface area contributed by atoms with Gasteiger partial charge in [-0.15, -0.1) is 11.8 Å². The van der Waals surface area contributed by atoms with Crippen LogP contribution in [0.4, 0.5) is 16.2 Å². The second-order valence-corrected chi connectivity index (χ2v) is 6.49. The van der Waals surface area contributed by atoms with Gasteiger partial charge in [-0.3, -0.25) is 9.69 Å². The van der Waals surface area contributed by atoms with Crippen LogP contribution < -0.4 is 15.5 Å². The standard InChI is InChI=1S/C17H18N4O2S/c1-2-24-15-10-12(6-7-18-15)16(22)20-13-4-3-5-14(11-13)21-9-8-19-17(21)23/h3-7,10-11H,2,8-9H2,1H3,(H,19,23)(H,20,22). The third-order valence-corrected chi connectivity index (χ3v) is 4.37. The van der Waals surface area contributed by atoms with Crippen molar-refractivity contribution >= 4 is 35.1 Å². The number of amides is 3. The van der Waals surface area contributed by atoms with Gasteiger partial charge in [0.05, 0.1) is 5.03 Å². The lowest BCUT2D eigenvalue weighted by molar-refractivity contribution is 0.102. The van der Waals surface area contributed by atoms with Gasteiger partial charge in [-0.1, -0.05) is 13.0 Å². The highest BCUT2D eigenvalue weighted by atomic mass is 32.2. The van der Waals surface area contributed by atoms with Gasteiger partial charge < -0.3 is 10.6 Å². The Labute approximate surface area is 144 Å². The number of hydrogen-bond acceptors (Lipinski definition) is 4. The van der Waals surface area contributed by atoms with Crippen LogP contribution in [0.1, 0.15) is 17.3 Å². The van der Waals surface area contributed by atoms with Gasteiger partial charge in [0.1, 0.15) is 0 Å². The summed E-state index contributed by atoms with van der Waals surface area (Å²) in [4.78, 5) is 30.0. The minimum atomic E-state index is -0.196. The number of anilines is 2. The zero-order valence-corrected chi connectivity index (χ0v) is 14.1. The maximum atomic E-state index is 12.4. The fraction of sp³-hybridized carbons (Fsp3) is 0.235. The van der Waals surface area contributed by atoms with Crippen molar-refractivity contribution in [1.82, 2.24) is 10.3 Å². The normalized spacial score (nSPS) is 13.7. The Kier molecular flexibility index (Phi) is 5.00. The van der Waals surface area contributed by atoms with E-state index in [1.807, 2.05) is 19.1 Å². The molecular weight excluding hydrogens is 324 g/mol. The number of pyridine rings is 1. The van der Waals surface area contributed by atoms with Crippen molar-refractivity contribution < 1.29 is 9.59 Å². The van der Waals surface area contributed by atoms with E-state index in [4.69, 9.17) is 0 Å². The number of nitrogens with zero attached hydrogens (tertiary/aromatic N) is 2. The summed E-state index contributed by atoms with van der Waals surface area (Å²) in [6.45, 7) is 3.29. The first-order valence-corrected chi connectivity index (χ1v) is 8.71. The Balaban J connectivity index is 1.75. The lowest BCUT2D eigenvalue weighted by Gasteiger charge is -2.15. The molecule has 0 atom stereocenters. The SMILES string of the molecule is CCSc1cc(C(=O)Nc2cccc(N3CCNC3=O)c2)ccn1. The third kappa shape index (κ3) is 3.68. The zero-order chi connectivity index (χ0) is 16.9. The molecule has 1 aromatic heterocycles. The van der Waals surface area contributed by atoms with Gasteiger partial charge in [0.2, 0.25) is 0 Å². The zero-order valence-electron chi connectivity index (χ0n) is 13.3. The first-order chi connectivity index (χ1) is 11.7. The summed E-state index contributed by atoms with van der Waals surface area (Å²) in [6.07, 6.45) is 1.64. The first-order valence-electron chi connectivity index (χ1n) is 7.73.